The SMILES string of the molecule is NC1CCC2(c3cccc4ccccc34)CC12. The van der Waals surface area contributed by atoms with Gasteiger partial charge in [-0.15, -0.1) is 0 Å². The van der Waals surface area contributed by atoms with Crippen molar-refractivity contribution < 1.29 is 0 Å². The average molecular weight is 223 g/mol. The Kier molecular flexibility index (Phi) is 1.77. The normalized spacial score (nSPS) is 34.9. The highest BCUT2D eigenvalue weighted by Crippen LogP contribution is 2.64. The molecule has 2 saturated carbocycles. The topological polar surface area (TPSA) is 26.0 Å². The van der Waals surface area contributed by atoms with Gasteiger partial charge in [-0.1, -0.05) is 42.5 Å². The maximum Gasteiger partial charge on any atom is 0.00763 e. The van der Waals surface area contributed by atoms with Crippen molar-refractivity contribution in [1.82, 2.24) is 0 Å². The monoisotopic (exact) mass is 223 g/mol. The lowest BCUT2D eigenvalue weighted by atomic mass is 9.89. The minimum Gasteiger partial charge on any atom is -0.327 e. The molecule has 0 bridgehead atoms. The van der Waals surface area contributed by atoms with Crippen molar-refractivity contribution >= 4 is 10.8 Å². The van der Waals surface area contributed by atoms with Crippen molar-refractivity contribution in [3.63, 3.8) is 0 Å². The third-order valence-electron chi connectivity index (χ3n) is 4.90. The van der Waals surface area contributed by atoms with Gasteiger partial charge in [-0.05, 0) is 41.5 Å². The highest BCUT2D eigenvalue weighted by atomic mass is 14.8. The molecule has 2 aliphatic rings. The lowest BCUT2D eigenvalue weighted by Crippen LogP contribution is -2.19. The number of hydrogen-bond donors (Lipinski definition) is 1. The van der Waals surface area contributed by atoms with E-state index in [0.717, 1.165) is 5.92 Å². The summed E-state index contributed by atoms with van der Waals surface area (Å²) in [6.45, 7) is 0. The molecule has 0 aromatic heterocycles. The molecule has 0 saturated heterocycles. The van der Waals surface area contributed by atoms with E-state index in [1.54, 1.807) is 5.56 Å². The number of benzene rings is 2. The average Bonchev–Trinajstić information content (AvgIpc) is 3.04. The molecule has 86 valence electrons. The third-order valence-corrected chi connectivity index (χ3v) is 4.90. The number of fused-ring (bicyclic) bond motifs is 2. The molecule has 2 fully saturated rings. The van der Waals surface area contributed by atoms with E-state index < -0.39 is 0 Å². The molecular weight excluding hydrogens is 206 g/mol. The van der Waals surface area contributed by atoms with Crippen LogP contribution in [0.2, 0.25) is 0 Å². The fourth-order valence-electron chi connectivity index (χ4n) is 3.91. The summed E-state index contributed by atoms with van der Waals surface area (Å²) in [4.78, 5) is 0. The number of hydrogen-bond acceptors (Lipinski definition) is 1. The zero-order chi connectivity index (χ0) is 11.5. The quantitative estimate of drug-likeness (QED) is 0.789. The Hall–Kier alpha value is -1.34. The van der Waals surface area contributed by atoms with E-state index >= 15 is 0 Å². The standard InChI is InChI=1S/C16H17N/c17-15-8-9-16(10-14(15)16)13-7-3-5-11-4-1-2-6-12(11)13/h1-7,14-15H,8-10,17H2. The fourth-order valence-corrected chi connectivity index (χ4v) is 3.91. The smallest absolute Gasteiger partial charge is 0.00763 e. The Morgan fingerprint density at radius 3 is 2.65 bits per heavy atom. The lowest BCUT2D eigenvalue weighted by Gasteiger charge is -2.15. The van der Waals surface area contributed by atoms with E-state index in [1.165, 1.54) is 30.0 Å². The molecule has 17 heavy (non-hydrogen) atoms. The van der Waals surface area contributed by atoms with Gasteiger partial charge in [-0.3, -0.25) is 0 Å². The molecule has 0 radical (unpaired) electrons. The summed E-state index contributed by atoms with van der Waals surface area (Å²) in [6.07, 6.45) is 3.79. The first-order valence-corrected chi connectivity index (χ1v) is 6.55. The Bertz CT molecular complexity index is 584. The van der Waals surface area contributed by atoms with Gasteiger partial charge in [0.25, 0.3) is 0 Å². The highest BCUT2D eigenvalue weighted by Gasteiger charge is 2.61. The van der Waals surface area contributed by atoms with Gasteiger partial charge >= 0.3 is 0 Å². The summed E-state index contributed by atoms with van der Waals surface area (Å²) in [7, 11) is 0. The zero-order valence-corrected chi connectivity index (χ0v) is 9.89. The van der Waals surface area contributed by atoms with Gasteiger partial charge in [-0.2, -0.15) is 0 Å². The molecular formula is C16H17N. The van der Waals surface area contributed by atoms with E-state index in [1.807, 2.05) is 0 Å². The van der Waals surface area contributed by atoms with E-state index in [4.69, 9.17) is 5.73 Å². The summed E-state index contributed by atoms with van der Waals surface area (Å²) in [5, 5.41) is 2.80. The molecule has 0 aliphatic heterocycles. The summed E-state index contributed by atoms with van der Waals surface area (Å²) in [5.41, 5.74) is 8.17. The van der Waals surface area contributed by atoms with Crippen LogP contribution in [0.4, 0.5) is 0 Å². The molecule has 0 spiro atoms. The maximum atomic E-state index is 6.19. The van der Waals surface area contributed by atoms with Crippen LogP contribution in [0.5, 0.6) is 0 Å². The molecule has 4 rings (SSSR count). The summed E-state index contributed by atoms with van der Waals surface area (Å²) >= 11 is 0. The van der Waals surface area contributed by atoms with Crippen molar-refractivity contribution in [1.29, 1.82) is 0 Å². The second-order valence-electron chi connectivity index (χ2n) is 5.70. The largest absolute Gasteiger partial charge is 0.327 e. The second-order valence-corrected chi connectivity index (χ2v) is 5.70. The van der Waals surface area contributed by atoms with Crippen molar-refractivity contribution in [2.75, 3.05) is 0 Å². The fraction of sp³-hybridized carbons (Fsp3) is 0.375. The van der Waals surface area contributed by atoms with Gasteiger partial charge in [0.2, 0.25) is 0 Å². The van der Waals surface area contributed by atoms with Crippen LogP contribution in [0, 0.1) is 5.92 Å². The van der Waals surface area contributed by atoms with Crippen LogP contribution in [0.15, 0.2) is 42.5 Å². The van der Waals surface area contributed by atoms with Gasteiger partial charge in [0.05, 0.1) is 0 Å². The molecule has 2 aromatic rings. The molecule has 2 N–H and O–H groups in total. The van der Waals surface area contributed by atoms with Crippen LogP contribution in [0.3, 0.4) is 0 Å². The zero-order valence-electron chi connectivity index (χ0n) is 9.89. The maximum absolute atomic E-state index is 6.19. The van der Waals surface area contributed by atoms with Crippen LogP contribution in [-0.2, 0) is 5.41 Å². The molecule has 2 aliphatic carbocycles. The van der Waals surface area contributed by atoms with Crippen LogP contribution in [0.25, 0.3) is 10.8 Å². The molecule has 3 atom stereocenters. The van der Waals surface area contributed by atoms with Crippen molar-refractivity contribution in [3.05, 3.63) is 48.0 Å². The Morgan fingerprint density at radius 2 is 1.88 bits per heavy atom. The van der Waals surface area contributed by atoms with Gasteiger partial charge in [0.1, 0.15) is 0 Å². The molecule has 1 nitrogen and oxygen atoms in total. The van der Waals surface area contributed by atoms with Gasteiger partial charge < -0.3 is 5.73 Å². The van der Waals surface area contributed by atoms with Crippen LogP contribution >= 0.6 is 0 Å². The molecule has 0 amide bonds. The summed E-state index contributed by atoms with van der Waals surface area (Å²) < 4.78 is 0. The third kappa shape index (κ3) is 1.18. The predicted octanol–water partition coefficient (Wildman–Crippen LogP) is 3.22. The van der Waals surface area contributed by atoms with E-state index in [9.17, 15) is 0 Å². The van der Waals surface area contributed by atoms with Crippen molar-refractivity contribution in [2.24, 2.45) is 11.7 Å². The molecule has 0 heterocycles. The Labute approximate surface area is 102 Å². The minimum atomic E-state index is 0.431. The number of nitrogens with two attached hydrogens (primary N) is 1. The molecule has 3 unspecified atom stereocenters. The summed E-state index contributed by atoms with van der Waals surface area (Å²) in [6, 6.07) is 15.9. The van der Waals surface area contributed by atoms with Crippen molar-refractivity contribution in [2.45, 2.75) is 30.7 Å². The van der Waals surface area contributed by atoms with E-state index in [2.05, 4.69) is 42.5 Å². The Morgan fingerprint density at radius 1 is 1.06 bits per heavy atom. The first kappa shape index (κ1) is 9.67. The van der Waals surface area contributed by atoms with Crippen LogP contribution < -0.4 is 5.73 Å². The number of rotatable bonds is 1. The minimum absolute atomic E-state index is 0.431. The van der Waals surface area contributed by atoms with Crippen LogP contribution in [-0.4, -0.2) is 6.04 Å². The van der Waals surface area contributed by atoms with Crippen molar-refractivity contribution in [3.8, 4) is 0 Å². The Balaban J connectivity index is 1.93. The molecule has 1 heteroatoms. The van der Waals surface area contributed by atoms with Gasteiger partial charge in [0, 0.05) is 11.5 Å². The van der Waals surface area contributed by atoms with E-state index in [-0.39, 0.29) is 0 Å². The van der Waals surface area contributed by atoms with E-state index in [0.29, 0.717) is 11.5 Å². The second kappa shape index (κ2) is 3.11. The van der Waals surface area contributed by atoms with Gasteiger partial charge in [-0.25, -0.2) is 0 Å². The van der Waals surface area contributed by atoms with Crippen LogP contribution in [0.1, 0.15) is 24.8 Å². The predicted molar refractivity (Wildman–Crippen MR) is 70.9 cm³/mol. The van der Waals surface area contributed by atoms with Gasteiger partial charge in [0.15, 0.2) is 0 Å². The lowest BCUT2D eigenvalue weighted by molar-refractivity contribution is 0.613. The molecule has 2 aromatic carbocycles. The first-order valence-electron chi connectivity index (χ1n) is 6.55. The summed E-state index contributed by atoms with van der Waals surface area (Å²) in [5.74, 6) is 0.744. The first-order chi connectivity index (χ1) is 8.31. The highest BCUT2D eigenvalue weighted by molar-refractivity contribution is 5.87.